The van der Waals surface area contributed by atoms with Crippen molar-refractivity contribution in [1.29, 1.82) is 0 Å². The van der Waals surface area contributed by atoms with Gasteiger partial charge in [0.25, 0.3) is 0 Å². The summed E-state index contributed by atoms with van der Waals surface area (Å²) in [6.45, 7) is 0. The molecule has 4 heteroatoms. The molecule has 8 aromatic carbocycles. The van der Waals surface area contributed by atoms with Crippen molar-refractivity contribution in [3.63, 3.8) is 0 Å². The molecule has 3 heterocycles. The maximum Gasteiger partial charge on any atom is 0.145 e. The van der Waals surface area contributed by atoms with Crippen LogP contribution in [0.3, 0.4) is 0 Å². The van der Waals surface area contributed by atoms with Crippen molar-refractivity contribution in [2.75, 3.05) is 0 Å². The molecule has 10 aromatic rings. The van der Waals surface area contributed by atoms with E-state index in [-0.39, 0.29) is 0 Å². The Morgan fingerprint density at radius 3 is 1.89 bits per heavy atom. The number of hydrogen-bond acceptors (Lipinski definition) is 3. The van der Waals surface area contributed by atoms with Crippen LogP contribution in [0.4, 0.5) is 0 Å². The number of para-hydroxylation sites is 4. The lowest BCUT2D eigenvalue weighted by atomic mass is 9.65. The van der Waals surface area contributed by atoms with E-state index in [1.54, 1.807) is 0 Å². The van der Waals surface area contributed by atoms with Gasteiger partial charge in [-0.1, -0.05) is 158 Å². The van der Waals surface area contributed by atoms with Gasteiger partial charge in [0.15, 0.2) is 0 Å². The SMILES string of the molecule is c1ccc(-c2nc3c(c4ccccc24)C2(c4ccccc4Oc4ccc(-c5ccc(-c6nc7ccccc7n6-c6ccccc6)cc5)cc42)c2ccccc2-3)cc1. The molecular formula is C53H33N3O. The average molecular weight is 728 g/mol. The van der Waals surface area contributed by atoms with Gasteiger partial charge in [0, 0.05) is 44.5 Å². The third-order valence-electron chi connectivity index (χ3n) is 11.9. The van der Waals surface area contributed by atoms with Gasteiger partial charge in [0.05, 0.1) is 27.8 Å². The van der Waals surface area contributed by atoms with Gasteiger partial charge in [0.1, 0.15) is 17.3 Å². The van der Waals surface area contributed by atoms with Crippen LogP contribution in [0.25, 0.3) is 72.5 Å². The molecule has 57 heavy (non-hydrogen) atoms. The molecule has 0 amide bonds. The smallest absolute Gasteiger partial charge is 0.145 e. The molecule has 1 aliphatic heterocycles. The Balaban J connectivity index is 1.08. The number of hydrogen-bond donors (Lipinski definition) is 0. The number of pyridine rings is 1. The molecule has 0 saturated carbocycles. The minimum atomic E-state index is -0.672. The highest BCUT2D eigenvalue weighted by Crippen LogP contribution is 2.63. The van der Waals surface area contributed by atoms with Crippen molar-refractivity contribution in [1.82, 2.24) is 14.5 Å². The summed E-state index contributed by atoms with van der Waals surface area (Å²) in [4.78, 5) is 10.7. The third kappa shape index (κ3) is 4.56. The maximum atomic E-state index is 6.82. The second-order valence-corrected chi connectivity index (χ2v) is 14.9. The zero-order chi connectivity index (χ0) is 37.5. The fourth-order valence-corrected chi connectivity index (χ4v) is 9.45. The normalized spacial score (nSPS) is 14.9. The van der Waals surface area contributed by atoms with Gasteiger partial charge in [-0.05, 0) is 64.5 Å². The first-order valence-corrected chi connectivity index (χ1v) is 19.4. The quantitative estimate of drug-likeness (QED) is 0.181. The predicted molar refractivity (Wildman–Crippen MR) is 230 cm³/mol. The molecule has 4 nitrogen and oxygen atoms in total. The van der Waals surface area contributed by atoms with Crippen LogP contribution in [0.15, 0.2) is 200 Å². The van der Waals surface area contributed by atoms with Crippen molar-refractivity contribution in [3.8, 4) is 62.2 Å². The summed E-state index contributed by atoms with van der Waals surface area (Å²) in [7, 11) is 0. The Labute approximate surface area is 330 Å². The Bertz CT molecular complexity index is 3200. The molecule has 1 atom stereocenters. The van der Waals surface area contributed by atoms with Crippen LogP contribution in [-0.2, 0) is 5.41 Å². The fraction of sp³-hybridized carbons (Fsp3) is 0.0189. The number of rotatable bonds is 4. The number of aromatic nitrogens is 3. The molecule has 2 aromatic heterocycles. The van der Waals surface area contributed by atoms with Gasteiger partial charge >= 0.3 is 0 Å². The third-order valence-corrected chi connectivity index (χ3v) is 11.9. The molecule has 0 saturated heterocycles. The summed E-state index contributed by atoms with van der Waals surface area (Å²) < 4.78 is 9.07. The van der Waals surface area contributed by atoms with Crippen LogP contribution in [0.1, 0.15) is 22.3 Å². The summed E-state index contributed by atoms with van der Waals surface area (Å²) >= 11 is 0. The summed E-state index contributed by atoms with van der Waals surface area (Å²) in [6, 6.07) is 71.0. The second-order valence-electron chi connectivity index (χ2n) is 14.9. The Morgan fingerprint density at radius 1 is 0.421 bits per heavy atom. The fourth-order valence-electron chi connectivity index (χ4n) is 9.45. The standard InChI is InChI=1S/C53H33N3O/c1-3-15-35(16-4-1)50-40-20-8-7-19-39(40)49-51(55-50)41-21-9-10-22-42(41)53(49)43-23-11-14-26-47(43)57-48-32-31-37(33-44(48)53)34-27-29-36(30-28-34)52-54-45-24-12-13-25-46(45)56(52)38-17-5-2-6-18-38/h1-33H. The largest absolute Gasteiger partial charge is 0.457 e. The van der Waals surface area contributed by atoms with E-state index in [0.717, 1.165) is 89.8 Å². The van der Waals surface area contributed by atoms with Gasteiger partial charge in [-0.3, -0.25) is 4.57 Å². The van der Waals surface area contributed by atoms with Gasteiger partial charge in [0.2, 0.25) is 0 Å². The highest BCUT2D eigenvalue weighted by Gasteiger charge is 2.53. The van der Waals surface area contributed by atoms with Gasteiger partial charge in [-0.25, -0.2) is 9.97 Å². The van der Waals surface area contributed by atoms with Crippen molar-refractivity contribution < 1.29 is 4.74 Å². The molecule has 0 bridgehead atoms. The maximum absolute atomic E-state index is 6.82. The van der Waals surface area contributed by atoms with Crippen LogP contribution in [-0.4, -0.2) is 14.5 Å². The summed E-state index contributed by atoms with van der Waals surface area (Å²) in [6.07, 6.45) is 0. The predicted octanol–water partition coefficient (Wildman–Crippen LogP) is 13.0. The van der Waals surface area contributed by atoms with Gasteiger partial charge in [-0.15, -0.1) is 0 Å². The van der Waals surface area contributed by atoms with Crippen molar-refractivity contribution in [2.24, 2.45) is 0 Å². The van der Waals surface area contributed by atoms with Crippen LogP contribution < -0.4 is 4.74 Å². The zero-order valence-corrected chi connectivity index (χ0v) is 30.8. The first-order valence-electron chi connectivity index (χ1n) is 19.4. The lowest BCUT2D eigenvalue weighted by Gasteiger charge is -2.40. The summed E-state index contributed by atoms with van der Waals surface area (Å²) in [5.74, 6) is 2.63. The van der Waals surface area contributed by atoms with Crippen molar-refractivity contribution in [3.05, 3.63) is 222 Å². The number of imidazole rings is 1. The van der Waals surface area contributed by atoms with E-state index in [9.17, 15) is 0 Å². The molecule has 12 rings (SSSR count). The highest BCUT2D eigenvalue weighted by atomic mass is 16.5. The Morgan fingerprint density at radius 2 is 1.05 bits per heavy atom. The molecule has 0 N–H and O–H groups in total. The second kappa shape index (κ2) is 12.2. The van der Waals surface area contributed by atoms with E-state index in [0.29, 0.717) is 0 Å². The van der Waals surface area contributed by atoms with Crippen molar-refractivity contribution in [2.45, 2.75) is 5.41 Å². The number of ether oxygens (including phenoxy) is 1. The van der Waals surface area contributed by atoms with E-state index in [2.05, 4.69) is 193 Å². The average Bonchev–Trinajstić information content (AvgIpc) is 3.82. The van der Waals surface area contributed by atoms with E-state index in [1.165, 1.54) is 16.5 Å². The molecule has 0 fully saturated rings. The molecule has 0 radical (unpaired) electrons. The molecule has 1 spiro atoms. The summed E-state index contributed by atoms with van der Waals surface area (Å²) in [5, 5.41) is 2.32. The molecular weight excluding hydrogens is 695 g/mol. The van der Waals surface area contributed by atoms with E-state index in [4.69, 9.17) is 14.7 Å². The number of nitrogens with zero attached hydrogens (tertiary/aromatic N) is 3. The van der Waals surface area contributed by atoms with Gasteiger partial charge < -0.3 is 4.74 Å². The van der Waals surface area contributed by atoms with Crippen LogP contribution in [0, 0.1) is 0 Å². The highest BCUT2D eigenvalue weighted by molar-refractivity contribution is 6.05. The lowest BCUT2D eigenvalue weighted by Crippen LogP contribution is -2.32. The first-order chi connectivity index (χ1) is 28.3. The number of fused-ring (bicyclic) bond motifs is 12. The van der Waals surface area contributed by atoms with Crippen LogP contribution >= 0.6 is 0 Å². The molecule has 1 unspecified atom stereocenters. The van der Waals surface area contributed by atoms with Crippen molar-refractivity contribution >= 4 is 21.8 Å². The van der Waals surface area contributed by atoms with Gasteiger partial charge in [-0.2, -0.15) is 0 Å². The summed E-state index contributed by atoms with van der Waals surface area (Å²) in [5.41, 5.74) is 14.6. The molecule has 2 aliphatic rings. The Kier molecular flexibility index (Phi) is 6.81. The van der Waals surface area contributed by atoms with E-state index < -0.39 is 5.41 Å². The lowest BCUT2D eigenvalue weighted by molar-refractivity contribution is 0.437. The van der Waals surface area contributed by atoms with Crippen LogP contribution in [0.2, 0.25) is 0 Å². The first kappa shape index (κ1) is 31.8. The van der Waals surface area contributed by atoms with Crippen LogP contribution in [0.5, 0.6) is 11.5 Å². The number of benzene rings is 8. The molecule has 1 aliphatic carbocycles. The minimum Gasteiger partial charge on any atom is -0.457 e. The monoisotopic (exact) mass is 727 g/mol. The topological polar surface area (TPSA) is 39.9 Å². The zero-order valence-electron chi connectivity index (χ0n) is 30.8. The Hall–Kier alpha value is -7.56. The molecule has 266 valence electrons. The minimum absolute atomic E-state index is 0.672. The van der Waals surface area contributed by atoms with E-state index >= 15 is 0 Å². The van der Waals surface area contributed by atoms with E-state index in [1.807, 2.05) is 12.1 Å².